The number of aliphatic imine (C=N–C) groups is 1. The maximum absolute atomic E-state index is 4.40. The van der Waals surface area contributed by atoms with Crippen molar-refractivity contribution in [3.63, 3.8) is 0 Å². The van der Waals surface area contributed by atoms with Crippen molar-refractivity contribution < 1.29 is 0 Å². The van der Waals surface area contributed by atoms with E-state index in [9.17, 15) is 0 Å². The third-order valence-corrected chi connectivity index (χ3v) is 5.51. The Morgan fingerprint density at radius 1 is 1.16 bits per heavy atom. The van der Waals surface area contributed by atoms with Gasteiger partial charge >= 0.3 is 0 Å². The first-order chi connectivity index (χ1) is 11.8. The SMILES string of the molecule is CN=C(NCCCCn1cnnc1)NC1CC2CCCC(C1)N2C.I. The number of piperidine rings is 2. The van der Waals surface area contributed by atoms with Gasteiger partial charge in [-0.3, -0.25) is 4.99 Å². The standard InChI is InChI=1S/C17H31N7.HI/c1-18-17(19-8-3-4-9-24-12-20-21-13-24)22-14-10-15-6-5-7-16(11-14)23(15)2;/h12-16H,3-11H2,1-2H3,(H2,18,19,22);1H. The summed E-state index contributed by atoms with van der Waals surface area (Å²) in [5, 5.41) is 14.7. The second kappa shape index (κ2) is 10.3. The molecule has 3 rings (SSSR count). The molecule has 3 heterocycles. The summed E-state index contributed by atoms with van der Waals surface area (Å²) in [5.41, 5.74) is 0. The highest BCUT2D eigenvalue weighted by molar-refractivity contribution is 14.0. The highest BCUT2D eigenvalue weighted by Crippen LogP contribution is 2.32. The molecule has 2 N–H and O–H groups in total. The molecule has 0 amide bonds. The molecule has 25 heavy (non-hydrogen) atoms. The van der Waals surface area contributed by atoms with Gasteiger partial charge in [-0.15, -0.1) is 34.2 Å². The molecular formula is C17H32IN7. The average Bonchev–Trinajstić information content (AvgIpc) is 3.07. The molecule has 0 spiro atoms. The molecule has 2 bridgehead atoms. The van der Waals surface area contributed by atoms with E-state index in [0.717, 1.165) is 44.0 Å². The fourth-order valence-corrected chi connectivity index (χ4v) is 4.09. The fraction of sp³-hybridized carbons (Fsp3) is 0.824. The molecular weight excluding hydrogens is 429 g/mol. The Kier molecular flexibility index (Phi) is 8.41. The average molecular weight is 461 g/mol. The molecule has 2 aliphatic heterocycles. The van der Waals surface area contributed by atoms with Gasteiger partial charge in [-0.25, -0.2) is 0 Å². The van der Waals surface area contributed by atoms with Crippen molar-refractivity contribution in [3.8, 4) is 0 Å². The summed E-state index contributed by atoms with van der Waals surface area (Å²) in [5.74, 6) is 0.951. The molecule has 0 aliphatic carbocycles. The van der Waals surface area contributed by atoms with E-state index in [1.165, 1.54) is 32.1 Å². The second-order valence-corrected chi connectivity index (χ2v) is 7.12. The molecule has 8 heteroatoms. The van der Waals surface area contributed by atoms with Gasteiger partial charge in [0.2, 0.25) is 0 Å². The van der Waals surface area contributed by atoms with Crippen LogP contribution < -0.4 is 10.6 Å². The monoisotopic (exact) mass is 461 g/mol. The molecule has 0 radical (unpaired) electrons. The van der Waals surface area contributed by atoms with Crippen molar-refractivity contribution in [2.24, 2.45) is 4.99 Å². The first-order valence-electron chi connectivity index (χ1n) is 9.28. The lowest BCUT2D eigenvalue weighted by atomic mass is 9.82. The summed E-state index contributed by atoms with van der Waals surface area (Å²) < 4.78 is 2.02. The fourth-order valence-electron chi connectivity index (χ4n) is 4.09. The van der Waals surface area contributed by atoms with Gasteiger partial charge in [0.1, 0.15) is 12.7 Å². The van der Waals surface area contributed by atoms with Crippen LogP contribution in [-0.2, 0) is 6.54 Å². The van der Waals surface area contributed by atoms with Crippen molar-refractivity contribution >= 4 is 29.9 Å². The number of aryl methyl sites for hydroxylation is 1. The molecule has 1 aromatic rings. The van der Waals surface area contributed by atoms with Gasteiger partial charge in [0, 0.05) is 38.3 Å². The highest BCUT2D eigenvalue weighted by Gasteiger charge is 2.36. The Balaban J connectivity index is 0.00000225. The summed E-state index contributed by atoms with van der Waals surface area (Å²) in [6.07, 6.45) is 12.3. The number of fused-ring (bicyclic) bond motifs is 2. The number of nitrogens with one attached hydrogen (secondary N) is 2. The van der Waals surface area contributed by atoms with E-state index in [2.05, 4.69) is 37.8 Å². The lowest BCUT2D eigenvalue weighted by Crippen LogP contribution is -2.56. The first-order valence-corrected chi connectivity index (χ1v) is 9.28. The van der Waals surface area contributed by atoms with Gasteiger partial charge in [0.25, 0.3) is 0 Å². The zero-order valence-electron chi connectivity index (χ0n) is 15.4. The van der Waals surface area contributed by atoms with Gasteiger partial charge in [-0.1, -0.05) is 6.42 Å². The second-order valence-electron chi connectivity index (χ2n) is 7.12. The van der Waals surface area contributed by atoms with Crippen molar-refractivity contribution in [1.82, 2.24) is 30.3 Å². The number of halogens is 1. The smallest absolute Gasteiger partial charge is 0.191 e. The van der Waals surface area contributed by atoms with Crippen molar-refractivity contribution in [2.75, 3.05) is 20.6 Å². The van der Waals surface area contributed by atoms with Crippen LogP contribution in [0.1, 0.15) is 44.9 Å². The number of guanidine groups is 1. The van der Waals surface area contributed by atoms with E-state index in [4.69, 9.17) is 0 Å². The number of nitrogens with zero attached hydrogens (tertiary/aromatic N) is 5. The summed E-state index contributed by atoms with van der Waals surface area (Å²) in [6, 6.07) is 2.05. The molecule has 0 aromatic carbocycles. The molecule has 2 unspecified atom stereocenters. The van der Waals surface area contributed by atoms with E-state index in [1.807, 2.05) is 11.6 Å². The minimum absolute atomic E-state index is 0. The van der Waals surface area contributed by atoms with Crippen LogP contribution >= 0.6 is 24.0 Å². The molecule has 0 saturated carbocycles. The molecule has 7 nitrogen and oxygen atoms in total. The molecule has 2 atom stereocenters. The van der Waals surface area contributed by atoms with Gasteiger partial charge < -0.3 is 20.1 Å². The van der Waals surface area contributed by atoms with Crippen LogP contribution in [-0.4, -0.2) is 64.4 Å². The Bertz CT molecular complexity index is 505. The molecule has 2 fully saturated rings. The minimum atomic E-state index is 0. The largest absolute Gasteiger partial charge is 0.356 e. The molecule has 2 saturated heterocycles. The van der Waals surface area contributed by atoms with Crippen molar-refractivity contribution in [1.29, 1.82) is 0 Å². The number of unbranched alkanes of at least 4 members (excludes halogenated alkanes) is 1. The number of hydrogen-bond donors (Lipinski definition) is 2. The maximum atomic E-state index is 4.40. The Morgan fingerprint density at radius 2 is 1.84 bits per heavy atom. The predicted molar refractivity (Wildman–Crippen MR) is 111 cm³/mol. The number of hydrogen-bond acceptors (Lipinski definition) is 4. The maximum Gasteiger partial charge on any atom is 0.191 e. The lowest BCUT2D eigenvalue weighted by molar-refractivity contribution is 0.0526. The molecule has 2 aliphatic rings. The Labute approximate surface area is 168 Å². The van der Waals surface area contributed by atoms with Crippen molar-refractivity contribution in [3.05, 3.63) is 12.7 Å². The van der Waals surface area contributed by atoms with Crippen LogP contribution in [0.4, 0.5) is 0 Å². The van der Waals surface area contributed by atoms with Gasteiger partial charge in [0.15, 0.2) is 5.96 Å². The Hall–Kier alpha value is -0.900. The number of rotatable bonds is 6. The van der Waals surface area contributed by atoms with E-state index in [1.54, 1.807) is 12.7 Å². The summed E-state index contributed by atoms with van der Waals surface area (Å²) in [4.78, 5) is 7.00. The third-order valence-electron chi connectivity index (χ3n) is 5.51. The van der Waals surface area contributed by atoms with Crippen LogP contribution in [0.3, 0.4) is 0 Å². The van der Waals surface area contributed by atoms with Crippen LogP contribution in [0.25, 0.3) is 0 Å². The van der Waals surface area contributed by atoms with Crippen LogP contribution in [0, 0.1) is 0 Å². The summed E-state index contributed by atoms with van der Waals surface area (Å²) in [7, 11) is 4.16. The van der Waals surface area contributed by atoms with E-state index >= 15 is 0 Å². The van der Waals surface area contributed by atoms with Gasteiger partial charge in [-0.2, -0.15) is 0 Å². The quantitative estimate of drug-likeness (QED) is 0.293. The zero-order chi connectivity index (χ0) is 16.8. The lowest BCUT2D eigenvalue weighted by Gasteiger charge is -2.47. The van der Waals surface area contributed by atoms with Crippen LogP contribution in [0.15, 0.2) is 17.6 Å². The highest BCUT2D eigenvalue weighted by atomic mass is 127. The topological polar surface area (TPSA) is 70.4 Å². The zero-order valence-corrected chi connectivity index (χ0v) is 17.7. The van der Waals surface area contributed by atoms with Crippen molar-refractivity contribution in [2.45, 2.75) is 69.6 Å². The van der Waals surface area contributed by atoms with E-state index < -0.39 is 0 Å². The minimum Gasteiger partial charge on any atom is -0.356 e. The third kappa shape index (κ3) is 5.80. The van der Waals surface area contributed by atoms with E-state index in [0.29, 0.717) is 6.04 Å². The Morgan fingerprint density at radius 3 is 2.48 bits per heavy atom. The predicted octanol–water partition coefficient (Wildman–Crippen LogP) is 1.86. The van der Waals surface area contributed by atoms with E-state index in [-0.39, 0.29) is 24.0 Å². The van der Waals surface area contributed by atoms with Crippen LogP contribution in [0.2, 0.25) is 0 Å². The molecule has 1 aromatic heterocycles. The summed E-state index contributed by atoms with van der Waals surface area (Å²) in [6.45, 7) is 1.92. The normalized spacial score (nSPS) is 26.8. The first kappa shape index (κ1) is 20.4. The van der Waals surface area contributed by atoms with Crippen LogP contribution in [0.5, 0.6) is 0 Å². The number of aromatic nitrogens is 3. The van der Waals surface area contributed by atoms with Gasteiger partial charge in [0.05, 0.1) is 0 Å². The van der Waals surface area contributed by atoms with Gasteiger partial charge in [-0.05, 0) is 45.6 Å². The molecule has 142 valence electrons. The summed E-state index contributed by atoms with van der Waals surface area (Å²) >= 11 is 0.